The van der Waals surface area contributed by atoms with Crippen molar-refractivity contribution in [2.75, 3.05) is 6.61 Å². The third kappa shape index (κ3) is 7.05. The summed E-state index contributed by atoms with van der Waals surface area (Å²) in [5, 5.41) is 10.3. The van der Waals surface area contributed by atoms with Crippen LogP contribution < -0.4 is 0 Å². The van der Waals surface area contributed by atoms with Crippen LogP contribution in [0.25, 0.3) is 0 Å². The highest BCUT2D eigenvalue weighted by Gasteiger charge is 2.25. The molecule has 0 aliphatic heterocycles. The maximum absolute atomic E-state index is 10.3. The first-order valence-corrected chi connectivity index (χ1v) is 7.36. The van der Waals surface area contributed by atoms with Crippen LogP contribution in [-0.4, -0.2) is 23.9 Å². The van der Waals surface area contributed by atoms with Gasteiger partial charge >= 0.3 is 0 Å². The quantitative estimate of drug-likeness (QED) is 0.629. The van der Waals surface area contributed by atoms with Gasteiger partial charge < -0.3 is 9.84 Å². The molecule has 17 heavy (non-hydrogen) atoms. The Morgan fingerprint density at radius 1 is 1.12 bits per heavy atom. The first kappa shape index (κ1) is 16.9. The van der Waals surface area contributed by atoms with Crippen molar-refractivity contribution < 1.29 is 9.84 Å². The van der Waals surface area contributed by atoms with Crippen LogP contribution in [0.4, 0.5) is 0 Å². The van der Waals surface area contributed by atoms with Crippen LogP contribution in [0.2, 0.25) is 0 Å². The third-order valence-electron chi connectivity index (χ3n) is 3.51. The summed E-state index contributed by atoms with van der Waals surface area (Å²) in [4.78, 5) is 0. The number of rotatable bonds is 10. The summed E-state index contributed by atoms with van der Waals surface area (Å²) in [5.41, 5.74) is 0. The molecule has 0 aliphatic rings. The Labute approximate surface area is 108 Å². The van der Waals surface area contributed by atoms with Crippen LogP contribution in [0.1, 0.15) is 66.7 Å². The fourth-order valence-corrected chi connectivity index (χ4v) is 2.40. The van der Waals surface area contributed by atoms with Crippen molar-refractivity contribution in [3.05, 3.63) is 0 Å². The van der Waals surface area contributed by atoms with Gasteiger partial charge in [-0.1, -0.05) is 53.4 Å². The minimum Gasteiger partial charge on any atom is -0.390 e. The highest BCUT2D eigenvalue weighted by atomic mass is 16.5. The molecule has 0 bridgehead atoms. The zero-order valence-electron chi connectivity index (χ0n) is 12.4. The molecular formula is C15H32O2. The molecule has 0 fully saturated rings. The van der Waals surface area contributed by atoms with Crippen molar-refractivity contribution in [3.8, 4) is 0 Å². The van der Waals surface area contributed by atoms with Gasteiger partial charge in [-0.2, -0.15) is 0 Å². The topological polar surface area (TPSA) is 29.5 Å². The molecule has 0 heterocycles. The van der Waals surface area contributed by atoms with Gasteiger partial charge in [0.2, 0.25) is 0 Å². The average molecular weight is 244 g/mol. The van der Waals surface area contributed by atoms with Crippen molar-refractivity contribution in [2.24, 2.45) is 11.8 Å². The zero-order chi connectivity index (χ0) is 13.3. The van der Waals surface area contributed by atoms with Crippen LogP contribution in [0, 0.1) is 11.8 Å². The lowest BCUT2D eigenvalue weighted by atomic mass is 9.88. The predicted octanol–water partition coefficient (Wildman–Crippen LogP) is 4.01. The van der Waals surface area contributed by atoms with E-state index in [1.54, 1.807) is 0 Å². The molecule has 1 N–H and O–H groups in total. The van der Waals surface area contributed by atoms with Gasteiger partial charge in [0, 0.05) is 6.61 Å². The largest absolute Gasteiger partial charge is 0.390 e. The number of aliphatic hydroxyl groups is 1. The van der Waals surface area contributed by atoms with E-state index < -0.39 is 0 Å². The van der Waals surface area contributed by atoms with Gasteiger partial charge in [0.05, 0.1) is 12.2 Å². The Morgan fingerprint density at radius 2 is 1.76 bits per heavy atom. The summed E-state index contributed by atoms with van der Waals surface area (Å²) < 4.78 is 5.67. The lowest BCUT2D eigenvalue weighted by Crippen LogP contribution is -2.35. The fourth-order valence-electron chi connectivity index (χ4n) is 2.40. The highest BCUT2D eigenvalue weighted by molar-refractivity contribution is 4.75. The molecule has 0 radical (unpaired) electrons. The monoisotopic (exact) mass is 244 g/mol. The smallest absolute Gasteiger partial charge is 0.0856 e. The minimum atomic E-state index is -0.309. The molecule has 3 unspecified atom stereocenters. The third-order valence-corrected chi connectivity index (χ3v) is 3.51. The Morgan fingerprint density at radius 3 is 2.18 bits per heavy atom. The summed E-state index contributed by atoms with van der Waals surface area (Å²) in [7, 11) is 0. The lowest BCUT2D eigenvalue weighted by molar-refractivity contribution is -0.0655. The van der Waals surface area contributed by atoms with E-state index in [4.69, 9.17) is 4.74 Å². The van der Waals surface area contributed by atoms with Gasteiger partial charge in [0.1, 0.15) is 0 Å². The zero-order valence-corrected chi connectivity index (χ0v) is 12.4. The molecule has 0 saturated heterocycles. The standard InChI is InChI=1S/C15H32O2/c1-6-9-10-13(7-2)11-14(16)15(12(4)5)17-8-3/h12-16H,6-11H2,1-5H3. The SMILES string of the molecule is CCCCC(CC)CC(O)C(OCC)C(C)C. The van der Waals surface area contributed by atoms with Crippen LogP contribution in [-0.2, 0) is 4.74 Å². The van der Waals surface area contributed by atoms with Gasteiger partial charge in [0.15, 0.2) is 0 Å². The second kappa shape index (κ2) is 9.90. The molecule has 0 amide bonds. The molecule has 0 aromatic heterocycles. The summed E-state index contributed by atoms with van der Waals surface area (Å²) in [6, 6.07) is 0. The van der Waals surface area contributed by atoms with E-state index >= 15 is 0 Å². The Bertz CT molecular complexity index is 168. The Balaban J connectivity index is 4.19. The number of hydrogen-bond donors (Lipinski definition) is 1. The molecule has 0 saturated carbocycles. The van der Waals surface area contributed by atoms with E-state index in [2.05, 4.69) is 27.7 Å². The molecule has 0 aromatic rings. The number of unbranched alkanes of at least 4 members (excludes halogenated alkanes) is 1. The Hall–Kier alpha value is -0.0800. The van der Waals surface area contributed by atoms with Crippen molar-refractivity contribution in [1.82, 2.24) is 0 Å². The van der Waals surface area contributed by atoms with Crippen LogP contribution in [0.5, 0.6) is 0 Å². The first-order valence-electron chi connectivity index (χ1n) is 7.36. The number of ether oxygens (including phenoxy) is 1. The van der Waals surface area contributed by atoms with Crippen molar-refractivity contribution in [2.45, 2.75) is 78.9 Å². The average Bonchev–Trinajstić information content (AvgIpc) is 2.30. The van der Waals surface area contributed by atoms with Gasteiger partial charge in [0.25, 0.3) is 0 Å². The Kier molecular flexibility index (Phi) is 9.85. The number of hydrogen-bond acceptors (Lipinski definition) is 2. The molecule has 0 aliphatic carbocycles. The number of aliphatic hydroxyl groups excluding tert-OH is 1. The second-order valence-corrected chi connectivity index (χ2v) is 5.38. The molecule has 2 heteroatoms. The second-order valence-electron chi connectivity index (χ2n) is 5.38. The van der Waals surface area contributed by atoms with Gasteiger partial charge in [-0.15, -0.1) is 0 Å². The van der Waals surface area contributed by atoms with Crippen LogP contribution in [0.3, 0.4) is 0 Å². The van der Waals surface area contributed by atoms with Crippen molar-refractivity contribution >= 4 is 0 Å². The summed E-state index contributed by atoms with van der Waals surface area (Å²) in [6.07, 6.45) is 5.49. The summed E-state index contributed by atoms with van der Waals surface area (Å²) in [5.74, 6) is 1.03. The van der Waals surface area contributed by atoms with E-state index in [-0.39, 0.29) is 12.2 Å². The van der Waals surface area contributed by atoms with E-state index in [1.807, 2.05) is 6.92 Å². The van der Waals surface area contributed by atoms with E-state index in [1.165, 1.54) is 19.3 Å². The molecule has 0 rings (SSSR count). The molecule has 2 nitrogen and oxygen atoms in total. The normalized spacial score (nSPS) is 17.1. The first-order chi connectivity index (χ1) is 8.06. The molecule has 3 atom stereocenters. The fraction of sp³-hybridized carbons (Fsp3) is 1.00. The molecule has 0 aromatic carbocycles. The van der Waals surface area contributed by atoms with Crippen LogP contribution in [0.15, 0.2) is 0 Å². The molecule has 104 valence electrons. The van der Waals surface area contributed by atoms with Gasteiger partial charge in [-0.3, -0.25) is 0 Å². The van der Waals surface area contributed by atoms with Crippen LogP contribution >= 0.6 is 0 Å². The maximum Gasteiger partial charge on any atom is 0.0856 e. The maximum atomic E-state index is 10.3. The predicted molar refractivity (Wildman–Crippen MR) is 74.2 cm³/mol. The van der Waals surface area contributed by atoms with Crippen molar-refractivity contribution in [1.29, 1.82) is 0 Å². The summed E-state index contributed by atoms with van der Waals surface area (Å²) in [6.45, 7) is 11.4. The minimum absolute atomic E-state index is 0.00400. The van der Waals surface area contributed by atoms with Gasteiger partial charge in [-0.05, 0) is 25.2 Å². The highest BCUT2D eigenvalue weighted by Crippen LogP contribution is 2.23. The van der Waals surface area contributed by atoms with E-state index in [0.717, 1.165) is 12.8 Å². The molecule has 0 spiro atoms. The van der Waals surface area contributed by atoms with E-state index in [0.29, 0.717) is 18.4 Å². The lowest BCUT2D eigenvalue weighted by Gasteiger charge is -2.28. The summed E-state index contributed by atoms with van der Waals surface area (Å²) >= 11 is 0. The van der Waals surface area contributed by atoms with Gasteiger partial charge in [-0.25, -0.2) is 0 Å². The van der Waals surface area contributed by atoms with Crippen molar-refractivity contribution in [3.63, 3.8) is 0 Å². The van der Waals surface area contributed by atoms with E-state index in [9.17, 15) is 5.11 Å². The molecular weight excluding hydrogens is 212 g/mol.